The van der Waals surface area contributed by atoms with Gasteiger partial charge in [0.1, 0.15) is 11.6 Å². The molecule has 0 atom stereocenters. The summed E-state index contributed by atoms with van der Waals surface area (Å²) in [6.45, 7) is 7.59. The summed E-state index contributed by atoms with van der Waals surface area (Å²) in [7, 11) is 3.42. The second kappa shape index (κ2) is 8.86. The first-order valence-electron chi connectivity index (χ1n) is 11.0. The molecule has 0 saturated carbocycles. The number of fused-ring (bicyclic) bond motifs is 1. The molecular formula is C25H27FN6O3. The summed E-state index contributed by atoms with van der Waals surface area (Å²) in [6.07, 6.45) is 1.67. The van der Waals surface area contributed by atoms with E-state index in [9.17, 15) is 14.0 Å². The topological polar surface area (TPSA) is 114 Å². The summed E-state index contributed by atoms with van der Waals surface area (Å²) in [5.74, 6) is 0.140. The SMILES string of the molecule is CNc1cc2c(cn1)cc(-c1cc(NC(=O)Nc3cc(C(C)(C)C)no3)c(F)cc1C)c(=O)n2C. The van der Waals surface area contributed by atoms with Crippen molar-refractivity contribution in [1.82, 2.24) is 14.7 Å². The highest BCUT2D eigenvalue weighted by atomic mass is 19.1. The molecule has 35 heavy (non-hydrogen) atoms. The number of carbonyl (C=O) groups excluding carboxylic acids is 1. The van der Waals surface area contributed by atoms with Crippen LogP contribution in [0.4, 0.5) is 26.6 Å². The minimum atomic E-state index is -0.703. The molecule has 0 fully saturated rings. The van der Waals surface area contributed by atoms with Crippen LogP contribution >= 0.6 is 0 Å². The number of rotatable bonds is 4. The molecule has 9 nitrogen and oxygen atoms in total. The number of hydrogen-bond acceptors (Lipinski definition) is 6. The van der Waals surface area contributed by atoms with Gasteiger partial charge in [0, 0.05) is 48.8 Å². The van der Waals surface area contributed by atoms with Crippen LogP contribution in [0.2, 0.25) is 0 Å². The minimum absolute atomic E-state index is 0.0792. The Morgan fingerprint density at radius 3 is 2.49 bits per heavy atom. The molecule has 0 radical (unpaired) electrons. The number of amides is 2. The first-order valence-corrected chi connectivity index (χ1v) is 11.0. The third kappa shape index (κ3) is 4.72. The summed E-state index contributed by atoms with van der Waals surface area (Å²) in [6, 6.07) is 7.14. The van der Waals surface area contributed by atoms with Crippen molar-refractivity contribution in [2.45, 2.75) is 33.1 Å². The van der Waals surface area contributed by atoms with Crippen molar-refractivity contribution in [2.75, 3.05) is 23.0 Å². The Kier molecular flexibility index (Phi) is 6.06. The Hall–Kier alpha value is -4.21. The Morgan fingerprint density at radius 1 is 1.09 bits per heavy atom. The molecule has 0 bridgehead atoms. The predicted octanol–water partition coefficient (Wildman–Crippen LogP) is 5.02. The number of aromatic nitrogens is 3. The lowest BCUT2D eigenvalue weighted by molar-refractivity contribution is 0.261. The highest BCUT2D eigenvalue weighted by Gasteiger charge is 2.20. The van der Waals surface area contributed by atoms with Gasteiger partial charge in [-0.1, -0.05) is 25.9 Å². The van der Waals surface area contributed by atoms with Crippen molar-refractivity contribution in [1.29, 1.82) is 0 Å². The second-order valence-corrected chi connectivity index (χ2v) is 9.35. The zero-order valence-corrected chi connectivity index (χ0v) is 20.4. The van der Waals surface area contributed by atoms with Gasteiger partial charge in [-0.05, 0) is 36.2 Å². The van der Waals surface area contributed by atoms with Gasteiger partial charge >= 0.3 is 6.03 Å². The van der Waals surface area contributed by atoms with E-state index in [1.807, 2.05) is 20.8 Å². The molecule has 0 spiro atoms. The predicted molar refractivity (Wildman–Crippen MR) is 135 cm³/mol. The summed E-state index contributed by atoms with van der Waals surface area (Å²) >= 11 is 0. The van der Waals surface area contributed by atoms with E-state index in [1.54, 1.807) is 45.4 Å². The standard InChI is InChI=1S/C25H27FN6O3/c1-13-7-17(26)18(29-24(34)30-22-11-20(31-35-22)25(2,3)4)9-15(13)16-8-14-12-28-21(27-5)10-19(14)32(6)23(16)33/h7-12H,1-6H3,(H,27,28)(H2,29,30,34). The molecule has 3 heterocycles. The van der Waals surface area contributed by atoms with Crippen LogP contribution in [0.3, 0.4) is 0 Å². The minimum Gasteiger partial charge on any atom is -0.373 e. The lowest BCUT2D eigenvalue weighted by Crippen LogP contribution is -2.21. The van der Waals surface area contributed by atoms with E-state index in [1.165, 1.54) is 16.7 Å². The third-order valence-corrected chi connectivity index (χ3v) is 5.73. The molecule has 0 saturated heterocycles. The van der Waals surface area contributed by atoms with Crippen LogP contribution in [0.5, 0.6) is 0 Å². The number of pyridine rings is 2. The van der Waals surface area contributed by atoms with Gasteiger partial charge in [0.15, 0.2) is 0 Å². The van der Waals surface area contributed by atoms with Gasteiger partial charge in [0.25, 0.3) is 5.56 Å². The highest BCUT2D eigenvalue weighted by molar-refractivity contribution is 5.99. The third-order valence-electron chi connectivity index (χ3n) is 5.73. The Bertz CT molecular complexity index is 1500. The van der Waals surface area contributed by atoms with E-state index < -0.39 is 11.8 Å². The van der Waals surface area contributed by atoms with Gasteiger partial charge in [0.2, 0.25) is 5.88 Å². The summed E-state index contributed by atoms with van der Waals surface area (Å²) < 4.78 is 21.4. The fourth-order valence-corrected chi connectivity index (χ4v) is 3.71. The van der Waals surface area contributed by atoms with E-state index >= 15 is 0 Å². The maximum absolute atomic E-state index is 14.7. The average Bonchev–Trinajstić information content (AvgIpc) is 3.27. The van der Waals surface area contributed by atoms with Crippen molar-refractivity contribution in [3.63, 3.8) is 0 Å². The van der Waals surface area contributed by atoms with Gasteiger partial charge in [-0.3, -0.25) is 10.1 Å². The number of halogens is 1. The Morgan fingerprint density at radius 2 is 1.83 bits per heavy atom. The van der Waals surface area contributed by atoms with E-state index in [2.05, 4.69) is 26.1 Å². The number of benzene rings is 1. The zero-order chi connectivity index (χ0) is 25.5. The smallest absolute Gasteiger partial charge is 0.326 e. The first-order chi connectivity index (χ1) is 16.5. The average molecular weight is 479 g/mol. The number of carbonyl (C=O) groups is 1. The van der Waals surface area contributed by atoms with E-state index in [0.29, 0.717) is 33.7 Å². The molecule has 3 N–H and O–H groups in total. The molecule has 0 unspecified atom stereocenters. The summed E-state index contributed by atoms with van der Waals surface area (Å²) in [5, 5.41) is 12.6. The number of anilines is 3. The number of urea groups is 1. The van der Waals surface area contributed by atoms with Crippen molar-refractivity contribution < 1.29 is 13.7 Å². The molecule has 1 aromatic carbocycles. The normalized spacial score (nSPS) is 11.5. The van der Waals surface area contributed by atoms with Crippen LogP contribution in [-0.2, 0) is 12.5 Å². The molecule has 182 valence electrons. The molecule has 2 amide bonds. The number of nitrogens with zero attached hydrogens (tertiary/aromatic N) is 3. The highest BCUT2D eigenvalue weighted by Crippen LogP contribution is 2.29. The molecule has 4 rings (SSSR count). The Labute approximate surface area is 201 Å². The van der Waals surface area contributed by atoms with Crippen molar-refractivity contribution in [2.24, 2.45) is 7.05 Å². The maximum Gasteiger partial charge on any atom is 0.326 e. The number of aryl methyl sites for hydroxylation is 2. The fourth-order valence-electron chi connectivity index (χ4n) is 3.71. The van der Waals surface area contributed by atoms with Crippen LogP contribution in [0, 0.1) is 12.7 Å². The maximum atomic E-state index is 14.7. The molecule has 10 heteroatoms. The van der Waals surface area contributed by atoms with Gasteiger partial charge in [-0.2, -0.15) is 0 Å². The Balaban J connectivity index is 1.67. The van der Waals surface area contributed by atoms with Gasteiger partial charge < -0.3 is 19.7 Å². The van der Waals surface area contributed by atoms with Crippen LogP contribution in [0.15, 0.2) is 45.8 Å². The van der Waals surface area contributed by atoms with Crippen molar-refractivity contribution in [3.05, 3.63) is 64.0 Å². The van der Waals surface area contributed by atoms with E-state index in [0.717, 1.165) is 5.39 Å². The molecule has 4 aromatic rings. The molecular weight excluding hydrogens is 451 g/mol. The number of nitrogens with one attached hydrogen (secondary N) is 3. The van der Waals surface area contributed by atoms with Crippen molar-refractivity contribution >= 4 is 34.3 Å². The van der Waals surface area contributed by atoms with Gasteiger partial charge in [0.05, 0.1) is 16.9 Å². The van der Waals surface area contributed by atoms with E-state index in [-0.39, 0.29) is 22.5 Å². The van der Waals surface area contributed by atoms with E-state index in [4.69, 9.17) is 4.52 Å². The van der Waals surface area contributed by atoms with Crippen LogP contribution in [0.1, 0.15) is 32.0 Å². The quantitative estimate of drug-likeness (QED) is 0.380. The van der Waals surface area contributed by atoms with Crippen LogP contribution in [0.25, 0.3) is 22.0 Å². The summed E-state index contributed by atoms with van der Waals surface area (Å²) in [5.41, 5.74) is 2.19. The molecule has 0 aliphatic rings. The largest absolute Gasteiger partial charge is 0.373 e. The lowest BCUT2D eigenvalue weighted by Gasteiger charge is -2.14. The second-order valence-electron chi connectivity index (χ2n) is 9.35. The number of hydrogen-bond donors (Lipinski definition) is 3. The fraction of sp³-hybridized carbons (Fsp3) is 0.280. The molecule has 3 aromatic heterocycles. The molecule has 0 aliphatic heterocycles. The summed E-state index contributed by atoms with van der Waals surface area (Å²) in [4.78, 5) is 30.0. The monoisotopic (exact) mass is 478 g/mol. The lowest BCUT2D eigenvalue weighted by atomic mass is 9.92. The molecule has 0 aliphatic carbocycles. The van der Waals surface area contributed by atoms with Crippen LogP contribution in [-0.4, -0.2) is 27.8 Å². The van der Waals surface area contributed by atoms with Gasteiger partial charge in [-0.25, -0.2) is 14.2 Å². The first kappa shape index (κ1) is 23.9. The van der Waals surface area contributed by atoms with Crippen molar-refractivity contribution in [3.8, 4) is 11.1 Å². The zero-order valence-electron chi connectivity index (χ0n) is 20.4. The van der Waals surface area contributed by atoms with Gasteiger partial charge in [-0.15, -0.1) is 0 Å². The van der Waals surface area contributed by atoms with Crippen LogP contribution < -0.4 is 21.5 Å².